The molecule has 0 atom stereocenters. The SMILES string of the molecule is CCOc1cc(/C=C/C(=O)Nc2ccc(OCC#N)cc2)cc(Cl)c1OC. The van der Waals surface area contributed by atoms with E-state index in [9.17, 15) is 4.79 Å². The van der Waals surface area contributed by atoms with Crippen molar-refractivity contribution in [2.24, 2.45) is 0 Å². The van der Waals surface area contributed by atoms with E-state index in [-0.39, 0.29) is 12.5 Å². The van der Waals surface area contributed by atoms with Crippen molar-refractivity contribution in [3.63, 3.8) is 0 Å². The van der Waals surface area contributed by atoms with Gasteiger partial charge in [0.15, 0.2) is 18.1 Å². The van der Waals surface area contributed by atoms with Crippen LogP contribution in [0.15, 0.2) is 42.5 Å². The molecule has 2 aromatic rings. The van der Waals surface area contributed by atoms with Crippen LogP contribution in [0.25, 0.3) is 6.08 Å². The molecule has 0 unspecified atom stereocenters. The summed E-state index contributed by atoms with van der Waals surface area (Å²) in [7, 11) is 1.52. The number of nitriles is 1. The summed E-state index contributed by atoms with van der Waals surface area (Å²) in [4.78, 5) is 12.1. The maximum atomic E-state index is 12.1. The van der Waals surface area contributed by atoms with Crippen molar-refractivity contribution in [1.29, 1.82) is 5.26 Å². The lowest BCUT2D eigenvalue weighted by atomic mass is 10.2. The molecule has 2 rings (SSSR count). The van der Waals surface area contributed by atoms with Gasteiger partial charge in [0.25, 0.3) is 0 Å². The highest BCUT2D eigenvalue weighted by Gasteiger charge is 2.10. The van der Waals surface area contributed by atoms with Gasteiger partial charge in [-0.25, -0.2) is 0 Å². The Morgan fingerprint density at radius 1 is 1.26 bits per heavy atom. The summed E-state index contributed by atoms with van der Waals surface area (Å²) < 4.78 is 15.9. The lowest BCUT2D eigenvalue weighted by Gasteiger charge is -2.11. The second-order valence-corrected chi connectivity index (χ2v) is 5.67. The van der Waals surface area contributed by atoms with Crippen LogP contribution in [0, 0.1) is 11.3 Å². The molecule has 27 heavy (non-hydrogen) atoms. The second kappa shape index (κ2) is 10.1. The quantitative estimate of drug-likeness (QED) is 0.684. The molecule has 0 bridgehead atoms. The fraction of sp³-hybridized carbons (Fsp3) is 0.200. The lowest BCUT2D eigenvalue weighted by molar-refractivity contribution is -0.111. The minimum absolute atomic E-state index is 0.0252. The lowest BCUT2D eigenvalue weighted by Crippen LogP contribution is -2.07. The summed E-state index contributed by atoms with van der Waals surface area (Å²) in [6, 6.07) is 12.1. The first-order valence-corrected chi connectivity index (χ1v) is 8.54. The third-order valence-corrected chi connectivity index (χ3v) is 3.67. The number of nitrogens with one attached hydrogen (secondary N) is 1. The van der Waals surface area contributed by atoms with Gasteiger partial charge in [-0.1, -0.05) is 11.6 Å². The molecule has 0 radical (unpaired) electrons. The van der Waals surface area contributed by atoms with Crippen LogP contribution in [0.4, 0.5) is 5.69 Å². The third-order valence-electron chi connectivity index (χ3n) is 3.39. The van der Waals surface area contributed by atoms with Crippen LogP contribution in [0.1, 0.15) is 12.5 Å². The number of benzene rings is 2. The second-order valence-electron chi connectivity index (χ2n) is 5.26. The predicted octanol–water partition coefficient (Wildman–Crippen LogP) is 4.30. The van der Waals surface area contributed by atoms with Crippen molar-refractivity contribution in [3.8, 4) is 23.3 Å². The van der Waals surface area contributed by atoms with Gasteiger partial charge in [0.05, 0.1) is 18.7 Å². The number of ether oxygens (including phenoxy) is 3. The zero-order valence-electron chi connectivity index (χ0n) is 15.0. The smallest absolute Gasteiger partial charge is 0.248 e. The maximum Gasteiger partial charge on any atom is 0.248 e. The molecule has 1 amide bonds. The van der Waals surface area contributed by atoms with E-state index in [0.29, 0.717) is 40.1 Å². The van der Waals surface area contributed by atoms with Crippen molar-refractivity contribution in [1.82, 2.24) is 0 Å². The van der Waals surface area contributed by atoms with Gasteiger partial charge in [-0.05, 0) is 55.0 Å². The average Bonchev–Trinajstić information content (AvgIpc) is 2.66. The zero-order chi connectivity index (χ0) is 19.6. The highest BCUT2D eigenvalue weighted by atomic mass is 35.5. The molecule has 0 aliphatic heterocycles. The molecule has 2 aromatic carbocycles. The van der Waals surface area contributed by atoms with Gasteiger partial charge in [-0.15, -0.1) is 0 Å². The topological polar surface area (TPSA) is 80.6 Å². The van der Waals surface area contributed by atoms with E-state index >= 15 is 0 Å². The van der Waals surface area contributed by atoms with Crippen LogP contribution < -0.4 is 19.5 Å². The molecule has 7 heteroatoms. The summed E-state index contributed by atoms with van der Waals surface area (Å²) in [6.45, 7) is 2.30. The van der Waals surface area contributed by atoms with E-state index < -0.39 is 0 Å². The van der Waals surface area contributed by atoms with Crippen molar-refractivity contribution < 1.29 is 19.0 Å². The van der Waals surface area contributed by atoms with Crippen molar-refractivity contribution >= 4 is 29.3 Å². The van der Waals surface area contributed by atoms with Crippen LogP contribution in [0.2, 0.25) is 5.02 Å². The number of hydrogen-bond acceptors (Lipinski definition) is 5. The molecule has 0 aliphatic carbocycles. The minimum atomic E-state index is -0.300. The molecule has 0 saturated heterocycles. The first kappa shape index (κ1) is 20.1. The van der Waals surface area contributed by atoms with E-state index in [1.54, 1.807) is 42.5 Å². The Hall–Kier alpha value is -3.17. The third kappa shape index (κ3) is 5.94. The maximum absolute atomic E-state index is 12.1. The summed E-state index contributed by atoms with van der Waals surface area (Å²) in [5.74, 6) is 1.23. The Labute approximate surface area is 162 Å². The highest BCUT2D eigenvalue weighted by molar-refractivity contribution is 6.32. The number of amides is 1. The molecule has 1 N–H and O–H groups in total. The molecule has 0 fully saturated rings. The van der Waals surface area contributed by atoms with Crippen LogP contribution in [0.3, 0.4) is 0 Å². The predicted molar refractivity (Wildman–Crippen MR) is 104 cm³/mol. The minimum Gasteiger partial charge on any atom is -0.491 e. The molecule has 0 saturated carbocycles. The summed E-state index contributed by atoms with van der Waals surface area (Å²) >= 11 is 6.20. The van der Waals surface area contributed by atoms with E-state index in [2.05, 4.69) is 5.32 Å². The summed E-state index contributed by atoms with van der Waals surface area (Å²) in [5.41, 5.74) is 1.32. The number of halogens is 1. The van der Waals surface area contributed by atoms with Crippen molar-refractivity contribution in [2.45, 2.75) is 6.92 Å². The van der Waals surface area contributed by atoms with Crippen LogP contribution >= 0.6 is 11.6 Å². The number of nitrogens with zero attached hydrogens (tertiary/aromatic N) is 1. The Kier molecular flexibility index (Phi) is 7.53. The number of hydrogen-bond donors (Lipinski definition) is 1. The van der Waals surface area contributed by atoms with Gasteiger partial charge in [-0.3, -0.25) is 4.79 Å². The normalized spacial score (nSPS) is 10.3. The van der Waals surface area contributed by atoms with Gasteiger partial charge in [0, 0.05) is 11.8 Å². The van der Waals surface area contributed by atoms with Gasteiger partial charge in [0.1, 0.15) is 11.8 Å². The fourth-order valence-corrected chi connectivity index (χ4v) is 2.55. The van der Waals surface area contributed by atoms with Gasteiger partial charge in [-0.2, -0.15) is 5.26 Å². The number of methoxy groups -OCH3 is 1. The van der Waals surface area contributed by atoms with E-state index in [1.807, 2.05) is 13.0 Å². The van der Waals surface area contributed by atoms with Crippen LogP contribution in [0.5, 0.6) is 17.2 Å². The standard InChI is InChI=1S/C20H19ClN2O4/c1-3-26-18-13-14(12-17(21)20(18)25-2)4-9-19(24)23-15-5-7-16(8-6-15)27-11-10-22/h4-9,12-13H,3,11H2,1-2H3,(H,23,24)/b9-4+. The molecule has 0 spiro atoms. The van der Waals surface area contributed by atoms with Gasteiger partial charge in [0.2, 0.25) is 5.91 Å². The molecular formula is C20H19ClN2O4. The summed E-state index contributed by atoms with van der Waals surface area (Å²) in [5, 5.41) is 11.6. The number of anilines is 1. The summed E-state index contributed by atoms with van der Waals surface area (Å²) in [6.07, 6.45) is 3.03. The molecule has 0 heterocycles. The zero-order valence-corrected chi connectivity index (χ0v) is 15.7. The van der Waals surface area contributed by atoms with Crippen molar-refractivity contribution in [3.05, 3.63) is 53.1 Å². The largest absolute Gasteiger partial charge is 0.491 e. The Balaban J connectivity index is 2.05. The number of carbonyl (C=O) groups is 1. The molecule has 6 nitrogen and oxygen atoms in total. The van der Waals surface area contributed by atoms with E-state index in [4.69, 9.17) is 31.1 Å². The van der Waals surface area contributed by atoms with Gasteiger partial charge >= 0.3 is 0 Å². The highest BCUT2D eigenvalue weighted by Crippen LogP contribution is 2.36. The fourth-order valence-electron chi connectivity index (χ4n) is 2.25. The first-order chi connectivity index (χ1) is 13.1. The molecule has 140 valence electrons. The molecular weight excluding hydrogens is 368 g/mol. The van der Waals surface area contributed by atoms with Crippen molar-refractivity contribution in [2.75, 3.05) is 25.6 Å². The Morgan fingerprint density at radius 3 is 2.63 bits per heavy atom. The molecule has 0 aliphatic rings. The van der Waals surface area contributed by atoms with Crippen LogP contribution in [-0.2, 0) is 4.79 Å². The monoisotopic (exact) mass is 386 g/mol. The Bertz CT molecular complexity index is 858. The van der Waals surface area contributed by atoms with Gasteiger partial charge < -0.3 is 19.5 Å². The first-order valence-electron chi connectivity index (χ1n) is 8.16. The number of rotatable bonds is 8. The van der Waals surface area contributed by atoms with Crippen LogP contribution in [-0.4, -0.2) is 26.2 Å². The van der Waals surface area contributed by atoms with E-state index in [0.717, 1.165) is 0 Å². The number of carbonyl (C=O) groups excluding carboxylic acids is 1. The average molecular weight is 387 g/mol. The van der Waals surface area contributed by atoms with E-state index in [1.165, 1.54) is 13.2 Å². The Morgan fingerprint density at radius 2 is 2.00 bits per heavy atom. The molecule has 0 aromatic heterocycles.